The minimum atomic E-state index is -0.210. The Bertz CT molecular complexity index is 782. The Balaban J connectivity index is 1.52. The van der Waals surface area contributed by atoms with Crippen molar-refractivity contribution in [1.29, 1.82) is 10.5 Å². The molecule has 28 heavy (non-hydrogen) atoms. The second kappa shape index (κ2) is 8.95. The zero-order valence-electron chi connectivity index (χ0n) is 16.4. The molecule has 0 saturated carbocycles. The summed E-state index contributed by atoms with van der Waals surface area (Å²) in [5, 5.41) is 18.2. The third-order valence-corrected chi connectivity index (χ3v) is 5.27. The van der Waals surface area contributed by atoms with E-state index in [2.05, 4.69) is 11.0 Å². The molecule has 1 aromatic rings. The summed E-state index contributed by atoms with van der Waals surface area (Å²) in [6.45, 7) is 7.09. The number of likely N-dealkylation sites (tertiary alicyclic amines) is 1. The predicted molar refractivity (Wildman–Crippen MR) is 103 cm³/mol. The van der Waals surface area contributed by atoms with Crippen molar-refractivity contribution in [2.45, 2.75) is 38.8 Å². The maximum Gasteiger partial charge on any atom is 0.409 e. The number of carbonyl (C=O) groups is 1. The van der Waals surface area contributed by atoms with E-state index in [4.69, 9.17) is 14.7 Å². The SMILES string of the molecule is CC(C)COC(=O)N1CC2CCC(C1)N2CCOc1ccc(C#N)cc1C#N. The van der Waals surface area contributed by atoms with Crippen molar-refractivity contribution in [2.24, 2.45) is 5.92 Å². The number of carbonyl (C=O) groups excluding carboxylic acids is 1. The van der Waals surface area contributed by atoms with Crippen LogP contribution in [-0.2, 0) is 4.74 Å². The number of ether oxygens (including phenoxy) is 2. The Kier molecular flexibility index (Phi) is 6.38. The molecule has 1 amide bonds. The maximum atomic E-state index is 12.3. The smallest absolute Gasteiger partial charge is 0.409 e. The Morgan fingerprint density at radius 2 is 1.93 bits per heavy atom. The summed E-state index contributed by atoms with van der Waals surface area (Å²) >= 11 is 0. The summed E-state index contributed by atoms with van der Waals surface area (Å²) in [5.41, 5.74) is 0.821. The van der Waals surface area contributed by atoms with E-state index in [0.29, 0.717) is 61.2 Å². The topological polar surface area (TPSA) is 89.6 Å². The van der Waals surface area contributed by atoms with Gasteiger partial charge < -0.3 is 14.4 Å². The molecule has 1 aromatic carbocycles. The van der Waals surface area contributed by atoms with Gasteiger partial charge in [0.05, 0.1) is 23.8 Å². The average molecular weight is 382 g/mol. The van der Waals surface area contributed by atoms with Gasteiger partial charge in [-0.05, 0) is 37.0 Å². The van der Waals surface area contributed by atoms with Gasteiger partial charge in [-0.2, -0.15) is 10.5 Å². The molecule has 0 spiro atoms. The highest BCUT2D eigenvalue weighted by atomic mass is 16.6. The van der Waals surface area contributed by atoms with Crippen molar-refractivity contribution in [3.05, 3.63) is 29.3 Å². The Morgan fingerprint density at radius 3 is 2.54 bits per heavy atom. The number of piperazine rings is 1. The Labute approximate surface area is 166 Å². The number of rotatable bonds is 6. The first-order chi connectivity index (χ1) is 13.5. The summed E-state index contributed by atoms with van der Waals surface area (Å²) < 4.78 is 11.2. The number of nitriles is 2. The molecular formula is C21H26N4O3. The molecule has 2 saturated heterocycles. The lowest BCUT2D eigenvalue weighted by Crippen LogP contribution is -2.56. The van der Waals surface area contributed by atoms with E-state index in [9.17, 15) is 10.1 Å². The average Bonchev–Trinajstić information content (AvgIpc) is 2.93. The molecule has 0 aromatic heterocycles. The van der Waals surface area contributed by atoms with Crippen LogP contribution in [0.3, 0.4) is 0 Å². The maximum absolute atomic E-state index is 12.3. The van der Waals surface area contributed by atoms with E-state index in [0.717, 1.165) is 19.4 Å². The summed E-state index contributed by atoms with van der Waals surface area (Å²) in [6.07, 6.45) is 1.93. The molecule has 148 valence electrons. The molecule has 0 radical (unpaired) electrons. The van der Waals surface area contributed by atoms with Crippen LogP contribution in [0.5, 0.6) is 5.75 Å². The van der Waals surface area contributed by atoms with Crippen LogP contribution in [0.4, 0.5) is 4.79 Å². The predicted octanol–water partition coefficient (Wildman–Crippen LogP) is 2.75. The third kappa shape index (κ3) is 4.55. The summed E-state index contributed by atoms with van der Waals surface area (Å²) in [6, 6.07) is 9.63. The van der Waals surface area contributed by atoms with Crippen molar-refractivity contribution < 1.29 is 14.3 Å². The molecule has 2 atom stereocenters. The highest BCUT2D eigenvalue weighted by molar-refractivity contribution is 5.68. The van der Waals surface area contributed by atoms with E-state index < -0.39 is 0 Å². The lowest BCUT2D eigenvalue weighted by Gasteiger charge is -2.40. The monoisotopic (exact) mass is 382 g/mol. The first-order valence-electron chi connectivity index (χ1n) is 9.76. The van der Waals surface area contributed by atoms with Crippen LogP contribution in [-0.4, -0.2) is 60.8 Å². The first-order valence-corrected chi connectivity index (χ1v) is 9.76. The van der Waals surface area contributed by atoms with E-state index in [-0.39, 0.29) is 6.09 Å². The van der Waals surface area contributed by atoms with Crippen LogP contribution >= 0.6 is 0 Å². The van der Waals surface area contributed by atoms with Gasteiger partial charge in [-0.1, -0.05) is 13.8 Å². The molecule has 3 rings (SSSR count). The molecule has 7 heteroatoms. The summed E-state index contributed by atoms with van der Waals surface area (Å²) in [4.78, 5) is 16.5. The minimum Gasteiger partial charge on any atom is -0.491 e. The van der Waals surface area contributed by atoms with Crippen LogP contribution in [0.25, 0.3) is 0 Å². The fourth-order valence-corrected chi connectivity index (χ4v) is 3.91. The van der Waals surface area contributed by atoms with Gasteiger partial charge in [0.2, 0.25) is 0 Å². The fraction of sp³-hybridized carbons (Fsp3) is 0.571. The van der Waals surface area contributed by atoms with Gasteiger partial charge in [-0.15, -0.1) is 0 Å². The van der Waals surface area contributed by atoms with Gasteiger partial charge in [0.25, 0.3) is 0 Å². The number of hydrogen-bond acceptors (Lipinski definition) is 6. The molecule has 2 unspecified atom stereocenters. The van der Waals surface area contributed by atoms with Crippen LogP contribution in [0, 0.1) is 28.6 Å². The van der Waals surface area contributed by atoms with Gasteiger partial charge in [0.1, 0.15) is 18.4 Å². The highest BCUT2D eigenvalue weighted by Crippen LogP contribution is 2.30. The summed E-state index contributed by atoms with van der Waals surface area (Å²) in [5.74, 6) is 0.837. The van der Waals surface area contributed by atoms with Crippen molar-refractivity contribution in [2.75, 3.05) is 32.8 Å². The van der Waals surface area contributed by atoms with Gasteiger partial charge in [-0.25, -0.2) is 4.79 Å². The van der Waals surface area contributed by atoms with Crippen molar-refractivity contribution >= 4 is 6.09 Å². The third-order valence-electron chi connectivity index (χ3n) is 5.27. The zero-order valence-corrected chi connectivity index (χ0v) is 16.4. The van der Waals surface area contributed by atoms with E-state index >= 15 is 0 Å². The number of hydrogen-bond donors (Lipinski definition) is 0. The van der Waals surface area contributed by atoms with Crippen LogP contribution in [0.15, 0.2) is 18.2 Å². The van der Waals surface area contributed by atoms with Crippen LogP contribution in [0.2, 0.25) is 0 Å². The van der Waals surface area contributed by atoms with Crippen LogP contribution in [0.1, 0.15) is 37.8 Å². The molecular weight excluding hydrogens is 356 g/mol. The molecule has 0 aliphatic carbocycles. The Hall–Kier alpha value is -2.77. The normalized spacial score (nSPS) is 21.2. The second-order valence-corrected chi connectivity index (χ2v) is 7.78. The molecule has 2 heterocycles. The molecule has 2 bridgehead atoms. The van der Waals surface area contributed by atoms with Crippen molar-refractivity contribution in [1.82, 2.24) is 9.80 Å². The second-order valence-electron chi connectivity index (χ2n) is 7.78. The minimum absolute atomic E-state index is 0.210. The van der Waals surface area contributed by atoms with E-state index in [1.807, 2.05) is 24.8 Å². The van der Waals surface area contributed by atoms with E-state index in [1.54, 1.807) is 18.2 Å². The lowest BCUT2D eigenvalue weighted by molar-refractivity contribution is 0.0362. The number of nitrogens with zero attached hydrogens (tertiary/aromatic N) is 4. The van der Waals surface area contributed by atoms with Gasteiger partial charge in [-0.3, -0.25) is 4.90 Å². The largest absolute Gasteiger partial charge is 0.491 e. The fourth-order valence-electron chi connectivity index (χ4n) is 3.91. The number of fused-ring (bicyclic) bond motifs is 2. The van der Waals surface area contributed by atoms with Crippen molar-refractivity contribution in [3.8, 4) is 17.9 Å². The molecule has 0 N–H and O–H groups in total. The molecule has 2 fully saturated rings. The van der Waals surface area contributed by atoms with Crippen LogP contribution < -0.4 is 4.74 Å². The van der Waals surface area contributed by atoms with Gasteiger partial charge >= 0.3 is 6.09 Å². The standard InChI is InChI=1S/C21H26N4O3/c1-15(2)14-28-21(26)24-12-18-4-5-19(13-24)25(18)7-8-27-20-6-3-16(10-22)9-17(20)11-23/h3,6,9,15,18-19H,4-5,7-8,12-14H2,1-2H3. The quantitative estimate of drug-likeness (QED) is 0.751. The van der Waals surface area contributed by atoms with Gasteiger partial charge in [0, 0.05) is 31.7 Å². The Morgan fingerprint density at radius 1 is 1.21 bits per heavy atom. The highest BCUT2D eigenvalue weighted by Gasteiger charge is 2.41. The molecule has 7 nitrogen and oxygen atoms in total. The van der Waals surface area contributed by atoms with Crippen molar-refractivity contribution in [3.63, 3.8) is 0 Å². The number of benzene rings is 1. The lowest BCUT2D eigenvalue weighted by atomic mass is 10.1. The molecule has 2 aliphatic rings. The summed E-state index contributed by atoms with van der Waals surface area (Å²) in [7, 11) is 0. The first kappa shape index (κ1) is 20.0. The van der Waals surface area contributed by atoms with E-state index in [1.165, 1.54) is 0 Å². The number of amides is 1. The zero-order chi connectivity index (χ0) is 20.1. The molecule has 2 aliphatic heterocycles. The van der Waals surface area contributed by atoms with Gasteiger partial charge in [0.15, 0.2) is 0 Å².